The molecule has 182 valence electrons. The Morgan fingerprint density at radius 2 is 1.85 bits per heavy atom. The minimum Gasteiger partial charge on any atom is -0.475 e. The number of halogens is 3. The number of hydrogen-bond donors (Lipinski definition) is 2. The Balaban J connectivity index is 0.000000479. The summed E-state index contributed by atoms with van der Waals surface area (Å²) in [5, 5.41) is 10.4. The lowest BCUT2D eigenvalue weighted by Crippen LogP contribution is -2.44. The van der Waals surface area contributed by atoms with E-state index in [2.05, 4.69) is 22.1 Å². The molecule has 33 heavy (non-hydrogen) atoms. The molecule has 1 aliphatic heterocycles. The van der Waals surface area contributed by atoms with Crippen molar-refractivity contribution in [2.75, 3.05) is 31.1 Å². The topological polar surface area (TPSA) is 114 Å². The van der Waals surface area contributed by atoms with Gasteiger partial charge in [-0.05, 0) is 20.3 Å². The number of nitrogens with one attached hydrogen (secondary N) is 1. The van der Waals surface area contributed by atoms with Gasteiger partial charge >= 0.3 is 17.8 Å². The number of carboxylic acid groups (broad SMARTS) is 1. The maximum Gasteiger partial charge on any atom is 0.490 e. The Labute approximate surface area is 187 Å². The molecule has 2 N–H and O–H groups in total. The van der Waals surface area contributed by atoms with Crippen LogP contribution in [0.5, 0.6) is 0 Å². The second-order valence-electron chi connectivity index (χ2n) is 7.41. The second-order valence-corrected chi connectivity index (χ2v) is 7.41. The highest BCUT2D eigenvalue weighted by atomic mass is 19.4. The van der Waals surface area contributed by atoms with Gasteiger partial charge in [0.25, 0.3) is 5.56 Å². The number of carboxylic acids is 1. The van der Waals surface area contributed by atoms with E-state index in [1.54, 1.807) is 11.5 Å². The SMILES string of the molecule is CC#CCn1c(N2CCNCC2)nc2c1c(=O)n(C)c(=O)n2C(C)CC.O=C(O)C(F)(F)F. The van der Waals surface area contributed by atoms with Gasteiger partial charge in [-0.1, -0.05) is 12.8 Å². The van der Waals surface area contributed by atoms with Crippen LogP contribution in [0.1, 0.15) is 33.2 Å². The molecule has 3 heterocycles. The molecule has 2 aromatic heterocycles. The first kappa shape index (κ1) is 26.0. The molecular formula is C20H27F3N6O4. The van der Waals surface area contributed by atoms with E-state index in [1.807, 2.05) is 18.4 Å². The molecule has 0 amide bonds. The third kappa shape index (κ3) is 5.57. The third-order valence-electron chi connectivity index (χ3n) is 5.25. The summed E-state index contributed by atoms with van der Waals surface area (Å²) in [5.41, 5.74) is 0.258. The van der Waals surface area contributed by atoms with Crippen molar-refractivity contribution >= 4 is 23.1 Å². The van der Waals surface area contributed by atoms with E-state index in [0.717, 1.165) is 32.6 Å². The summed E-state index contributed by atoms with van der Waals surface area (Å²) in [7, 11) is 1.52. The third-order valence-corrected chi connectivity index (χ3v) is 5.25. The Morgan fingerprint density at radius 1 is 1.27 bits per heavy atom. The van der Waals surface area contributed by atoms with Gasteiger partial charge in [-0.3, -0.25) is 18.5 Å². The van der Waals surface area contributed by atoms with Gasteiger partial charge in [0.2, 0.25) is 5.95 Å². The number of carbonyl (C=O) groups is 1. The van der Waals surface area contributed by atoms with E-state index in [4.69, 9.17) is 14.9 Å². The number of fused-ring (bicyclic) bond motifs is 1. The van der Waals surface area contributed by atoms with Crippen molar-refractivity contribution in [3.63, 3.8) is 0 Å². The second kappa shape index (κ2) is 10.6. The van der Waals surface area contributed by atoms with Gasteiger partial charge in [-0.2, -0.15) is 18.2 Å². The van der Waals surface area contributed by atoms with E-state index in [1.165, 1.54) is 11.6 Å². The van der Waals surface area contributed by atoms with Crippen molar-refractivity contribution in [2.45, 2.75) is 46.0 Å². The van der Waals surface area contributed by atoms with E-state index in [0.29, 0.717) is 23.7 Å². The summed E-state index contributed by atoms with van der Waals surface area (Å²) < 4.78 is 36.4. The standard InChI is InChI=1S/C18H26N6O2.C2HF3O2/c1-5-7-10-23-14-15(20-17(23)22-11-8-19-9-12-22)24(13(3)6-2)18(26)21(4)16(14)25;3-2(4,5)1(6)7/h13,19H,6,8-12H2,1-4H3;(H,6,7). The normalized spacial score (nSPS) is 14.8. The van der Waals surface area contributed by atoms with Crippen LogP contribution in [0, 0.1) is 11.8 Å². The van der Waals surface area contributed by atoms with Crippen LogP contribution in [0.25, 0.3) is 11.2 Å². The molecule has 0 radical (unpaired) electrons. The van der Waals surface area contributed by atoms with Crippen molar-refractivity contribution in [1.29, 1.82) is 0 Å². The highest BCUT2D eigenvalue weighted by Crippen LogP contribution is 2.22. The molecule has 10 nitrogen and oxygen atoms in total. The van der Waals surface area contributed by atoms with Crippen LogP contribution in [-0.2, 0) is 18.4 Å². The van der Waals surface area contributed by atoms with Crippen molar-refractivity contribution in [3.05, 3.63) is 20.8 Å². The molecule has 1 saturated heterocycles. The average Bonchev–Trinajstić information content (AvgIpc) is 3.15. The molecule has 0 aliphatic carbocycles. The maximum absolute atomic E-state index is 12.9. The number of aliphatic carboxylic acids is 1. The van der Waals surface area contributed by atoms with Crippen LogP contribution in [0.15, 0.2) is 9.59 Å². The Morgan fingerprint density at radius 3 is 2.33 bits per heavy atom. The van der Waals surface area contributed by atoms with Crippen molar-refractivity contribution < 1.29 is 23.1 Å². The van der Waals surface area contributed by atoms with E-state index in [-0.39, 0.29) is 17.3 Å². The Bertz CT molecular complexity index is 1180. The van der Waals surface area contributed by atoms with Crippen LogP contribution in [0.3, 0.4) is 0 Å². The zero-order valence-electron chi connectivity index (χ0n) is 18.9. The van der Waals surface area contributed by atoms with E-state index >= 15 is 0 Å². The molecule has 13 heteroatoms. The Kier molecular flexibility index (Phi) is 8.32. The quantitative estimate of drug-likeness (QED) is 0.637. The van der Waals surface area contributed by atoms with Gasteiger partial charge < -0.3 is 15.3 Å². The van der Waals surface area contributed by atoms with Crippen LogP contribution in [-0.4, -0.2) is 62.1 Å². The fraction of sp³-hybridized carbons (Fsp3) is 0.600. The summed E-state index contributed by atoms with van der Waals surface area (Å²) >= 11 is 0. The van der Waals surface area contributed by atoms with Crippen LogP contribution >= 0.6 is 0 Å². The lowest BCUT2D eigenvalue weighted by atomic mass is 10.2. The van der Waals surface area contributed by atoms with Gasteiger partial charge in [-0.15, -0.1) is 5.92 Å². The van der Waals surface area contributed by atoms with Crippen molar-refractivity contribution in [2.24, 2.45) is 7.05 Å². The summed E-state index contributed by atoms with van der Waals surface area (Å²) in [6.07, 6.45) is -4.31. The summed E-state index contributed by atoms with van der Waals surface area (Å²) in [5.74, 6) is 3.88. The fourth-order valence-electron chi connectivity index (χ4n) is 3.30. The number of piperazine rings is 1. The zero-order valence-corrected chi connectivity index (χ0v) is 18.9. The minimum atomic E-state index is -5.08. The molecular weight excluding hydrogens is 445 g/mol. The predicted molar refractivity (Wildman–Crippen MR) is 116 cm³/mol. The number of alkyl halides is 3. The van der Waals surface area contributed by atoms with Gasteiger partial charge in [0.1, 0.15) is 0 Å². The molecule has 1 aliphatic rings. The minimum absolute atomic E-state index is 0.0479. The fourth-order valence-corrected chi connectivity index (χ4v) is 3.30. The van der Waals surface area contributed by atoms with Crippen LogP contribution in [0.2, 0.25) is 0 Å². The first-order valence-electron chi connectivity index (χ1n) is 10.3. The highest BCUT2D eigenvalue weighted by molar-refractivity contribution is 5.75. The van der Waals surface area contributed by atoms with E-state index in [9.17, 15) is 22.8 Å². The van der Waals surface area contributed by atoms with Crippen molar-refractivity contribution in [1.82, 2.24) is 24.0 Å². The number of aromatic nitrogens is 4. The molecule has 0 spiro atoms. The number of imidazole rings is 1. The smallest absolute Gasteiger partial charge is 0.475 e. The van der Waals surface area contributed by atoms with Crippen molar-refractivity contribution in [3.8, 4) is 11.8 Å². The Hall–Kier alpha value is -3.27. The first-order valence-corrected chi connectivity index (χ1v) is 10.3. The van der Waals surface area contributed by atoms with Gasteiger partial charge in [0, 0.05) is 39.3 Å². The molecule has 1 fully saturated rings. The molecule has 3 rings (SSSR count). The summed E-state index contributed by atoms with van der Waals surface area (Å²) in [6.45, 7) is 9.47. The van der Waals surface area contributed by atoms with Crippen LogP contribution in [0.4, 0.5) is 19.1 Å². The zero-order chi connectivity index (χ0) is 24.9. The van der Waals surface area contributed by atoms with E-state index < -0.39 is 12.1 Å². The number of hydrogen-bond acceptors (Lipinski definition) is 6. The first-order chi connectivity index (χ1) is 15.4. The molecule has 0 aromatic carbocycles. The lowest BCUT2D eigenvalue weighted by molar-refractivity contribution is -0.192. The number of rotatable bonds is 4. The summed E-state index contributed by atoms with van der Waals surface area (Å²) in [6, 6.07) is -0.0479. The monoisotopic (exact) mass is 472 g/mol. The van der Waals surface area contributed by atoms with Gasteiger partial charge in [0.05, 0.1) is 6.54 Å². The van der Waals surface area contributed by atoms with Gasteiger partial charge in [-0.25, -0.2) is 9.59 Å². The molecule has 1 atom stereocenters. The maximum atomic E-state index is 12.9. The highest BCUT2D eigenvalue weighted by Gasteiger charge is 2.38. The molecule has 0 saturated carbocycles. The van der Waals surface area contributed by atoms with Gasteiger partial charge in [0.15, 0.2) is 11.2 Å². The molecule has 0 bridgehead atoms. The largest absolute Gasteiger partial charge is 0.490 e. The molecule has 1 unspecified atom stereocenters. The number of nitrogens with zero attached hydrogens (tertiary/aromatic N) is 5. The lowest BCUT2D eigenvalue weighted by Gasteiger charge is -2.28. The predicted octanol–water partition coefficient (Wildman–Crippen LogP) is 0.934. The van der Waals surface area contributed by atoms with Crippen LogP contribution < -0.4 is 21.5 Å². The average molecular weight is 472 g/mol. The molecule has 2 aromatic rings. The summed E-state index contributed by atoms with van der Waals surface area (Å²) in [4.78, 5) is 41.5. The number of anilines is 1.